The quantitative estimate of drug-likeness (QED) is 0.799. The second kappa shape index (κ2) is 6.78. The summed E-state index contributed by atoms with van der Waals surface area (Å²) in [5.74, 6) is -5.37. The number of aliphatic hydroxyl groups excluding tert-OH is 1. The topological polar surface area (TPSA) is 107 Å². The lowest BCUT2D eigenvalue weighted by Gasteiger charge is -2.32. The number of alkyl halides is 2. The third-order valence-electron chi connectivity index (χ3n) is 4.44. The van der Waals surface area contributed by atoms with Crippen molar-refractivity contribution in [2.24, 2.45) is 5.73 Å². The normalized spacial score (nSPS) is 18.4. The van der Waals surface area contributed by atoms with Crippen molar-refractivity contribution in [2.75, 3.05) is 6.26 Å². The van der Waals surface area contributed by atoms with Gasteiger partial charge in [0.05, 0.1) is 4.90 Å². The van der Waals surface area contributed by atoms with E-state index in [1.54, 1.807) is 0 Å². The van der Waals surface area contributed by atoms with Crippen molar-refractivity contribution in [2.45, 2.75) is 29.8 Å². The number of carbonyl (C=O) groups is 1. The summed E-state index contributed by atoms with van der Waals surface area (Å²) in [5.41, 5.74) is 4.60. The Balaban J connectivity index is 2.15. The first-order valence-electron chi connectivity index (χ1n) is 8.10. The van der Waals surface area contributed by atoms with Gasteiger partial charge in [-0.1, -0.05) is 0 Å². The van der Waals surface area contributed by atoms with Gasteiger partial charge in [0, 0.05) is 35.4 Å². The fourth-order valence-corrected chi connectivity index (χ4v) is 4.08. The van der Waals surface area contributed by atoms with Crippen LogP contribution in [0.5, 0.6) is 11.5 Å². The molecule has 3 rings (SSSR count). The van der Waals surface area contributed by atoms with Gasteiger partial charge in [-0.3, -0.25) is 4.79 Å². The molecule has 0 bridgehead atoms. The van der Waals surface area contributed by atoms with Crippen molar-refractivity contribution in [1.29, 1.82) is 0 Å². The maximum absolute atomic E-state index is 14.0. The number of sulfone groups is 1. The van der Waals surface area contributed by atoms with Crippen LogP contribution in [0.25, 0.3) is 0 Å². The first-order chi connectivity index (χ1) is 12.9. The van der Waals surface area contributed by atoms with Crippen LogP contribution in [0.4, 0.5) is 13.2 Å². The van der Waals surface area contributed by atoms with Crippen LogP contribution >= 0.6 is 0 Å². The minimum atomic E-state index is -3.91. The average Bonchev–Trinajstić information content (AvgIpc) is 2.57. The molecule has 2 aromatic carbocycles. The minimum Gasteiger partial charge on any atom is -0.457 e. The molecule has 3 N–H and O–H groups in total. The van der Waals surface area contributed by atoms with E-state index >= 15 is 0 Å². The molecule has 0 spiro atoms. The second-order valence-electron chi connectivity index (χ2n) is 6.53. The zero-order valence-corrected chi connectivity index (χ0v) is 15.4. The highest BCUT2D eigenvalue weighted by Crippen LogP contribution is 2.47. The number of benzene rings is 2. The van der Waals surface area contributed by atoms with Crippen LogP contribution in [-0.4, -0.2) is 31.6 Å². The Morgan fingerprint density at radius 1 is 1.29 bits per heavy atom. The molecular weight excluding hydrogens is 399 g/mol. The van der Waals surface area contributed by atoms with Crippen LogP contribution in [0.2, 0.25) is 0 Å². The lowest BCUT2D eigenvalue weighted by atomic mass is 9.86. The largest absolute Gasteiger partial charge is 0.457 e. The number of primary amides is 1. The van der Waals surface area contributed by atoms with Gasteiger partial charge < -0.3 is 15.6 Å². The Morgan fingerprint density at radius 2 is 1.96 bits per heavy atom. The molecule has 0 aromatic heterocycles. The van der Waals surface area contributed by atoms with E-state index in [-0.39, 0.29) is 29.0 Å². The van der Waals surface area contributed by atoms with Crippen molar-refractivity contribution in [1.82, 2.24) is 0 Å². The number of hydrogen-bond acceptors (Lipinski definition) is 5. The molecule has 0 saturated carbocycles. The lowest BCUT2D eigenvalue weighted by Crippen LogP contribution is -2.33. The van der Waals surface area contributed by atoms with E-state index in [4.69, 9.17) is 10.5 Å². The van der Waals surface area contributed by atoms with Crippen LogP contribution in [0.3, 0.4) is 0 Å². The first-order valence-corrected chi connectivity index (χ1v) is 9.99. The van der Waals surface area contributed by atoms with Crippen LogP contribution in [0, 0.1) is 5.82 Å². The summed E-state index contributed by atoms with van der Waals surface area (Å²) in [6.07, 6.45) is -2.48. The smallest absolute Gasteiger partial charge is 0.277 e. The van der Waals surface area contributed by atoms with Crippen molar-refractivity contribution < 1.29 is 36.2 Å². The van der Waals surface area contributed by atoms with Gasteiger partial charge in [-0.15, -0.1) is 0 Å². The Bertz CT molecular complexity index is 1070. The number of rotatable bonds is 4. The van der Waals surface area contributed by atoms with Crippen molar-refractivity contribution in [3.63, 3.8) is 0 Å². The lowest BCUT2D eigenvalue weighted by molar-refractivity contribution is -0.123. The van der Waals surface area contributed by atoms with E-state index in [1.807, 2.05) is 0 Å². The van der Waals surface area contributed by atoms with E-state index < -0.39 is 50.5 Å². The molecule has 1 aliphatic carbocycles. The standard InChI is InChI=1S/C18H16F3NO5S/c1-28(25,26)14-3-2-13(12-4-5-18(20,21)16(23)15(12)14)27-11-7-9(17(22)24)6-10(19)8-11/h2-3,6-8,16,23H,4-5H2,1H3,(H2,22,24). The summed E-state index contributed by atoms with van der Waals surface area (Å²) in [5, 5.41) is 10.1. The van der Waals surface area contributed by atoms with Gasteiger partial charge in [-0.2, -0.15) is 0 Å². The van der Waals surface area contributed by atoms with Crippen LogP contribution in [0.1, 0.15) is 34.0 Å². The highest BCUT2D eigenvalue weighted by Gasteiger charge is 2.46. The SMILES string of the molecule is CS(=O)(=O)c1ccc(Oc2cc(F)cc(C(N)=O)c2)c2c1C(O)C(F)(F)CC2. The third-order valence-corrected chi connectivity index (χ3v) is 5.59. The summed E-state index contributed by atoms with van der Waals surface area (Å²) in [4.78, 5) is 10.8. The van der Waals surface area contributed by atoms with E-state index in [1.165, 1.54) is 6.07 Å². The average molecular weight is 415 g/mol. The maximum atomic E-state index is 14.0. The molecule has 0 aliphatic heterocycles. The molecule has 1 unspecified atom stereocenters. The molecule has 0 saturated heterocycles. The molecular formula is C18H16F3NO5S. The van der Waals surface area contributed by atoms with Gasteiger partial charge in [-0.05, 0) is 30.7 Å². The number of nitrogens with two attached hydrogens (primary N) is 1. The highest BCUT2D eigenvalue weighted by molar-refractivity contribution is 7.90. The second-order valence-corrected chi connectivity index (χ2v) is 8.52. The summed E-state index contributed by atoms with van der Waals surface area (Å²) in [7, 11) is -3.91. The molecule has 2 aromatic rings. The molecule has 1 amide bonds. The number of ether oxygens (including phenoxy) is 1. The van der Waals surface area contributed by atoms with E-state index in [9.17, 15) is 31.5 Å². The molecule has 0 heterocycles. The predicted molar refractivity (Wildman–Crippen MR) is 92.8 cm³/mol. The number of hydrogen-bond donors (Lipinski definition) is 2. The van der Waals surface area contributed by atoms with Gasteiger partial charge >= 0.3 is 0 Å². The summed E-state index contributed by atoms with van der Waals surface area (Å²) in [6, 6.07) is 5.30. The van der Waals surface area contributed by atoms with Crippen LogP contribution in [0.15, 0.2) is 35.2 Å². The number of carbonyl (C=O) groups excluding carboxylic acids is 1. The van der Waals surface area contributed by atoms with Gasteiger partial charge in [0.1, 0.15) is 23.4 Å². The van der Waals surface area contributed by atoms with E-state index in [0.717, 1.165) is 30.5 Å². The first kappa shape index (κ1) is 20.2. The van der Waals surface area contributed by atoms with E-state index in [0.29, 0.717) is 0 Å². The molecule has 150 valence electrons. The summed E-state index contributed by atoms with van der Waals surface area (Å²) < 4.78 is 71.3. The monoisotopic (exact) mass is 415 g/mol. The Morgan fingerprint density at radius 3 is 2.57 bits per heavy atom. The zero-order valence-electron chi connectivity index (χ0n) is 14.6. The Labute approximate surface area is 158 Å². The molecule has 0 radical (unpaired) electrons. The third kappa shape index (κ3) is 3.69. The number of aliphatic hydroxyl groups is 1. The fraction of sp³-hybridized carbons (Fsp3) is 0.278. The van der Waals surface area contributed by atoms with Gasteiger partial charge in [0.15, 0.2) is 9.84 Å². The molecule has 1 atom stereocenters. The molecule has 28 heavy (non-hydrogen) atoms. The van der Waals surface area contributed by atoms with E-state index in [2.05, 4.69) is 0 Å². The molecule has 1 aliphatic rings. The number of fused-ring (bicyclic) bond motifs is 1. The predicted octanol–water partition coefficient (Wildman–Crippen LogP) is 2.74. The summed E-state index contributed by atoms with van der Waals surface area (Å²) in [6.45, 7) is 0. The van der Waals surface area contributed by atoms with Gasteiger partial charge in [0.25, 0.3) is 5.92 Å². The van der Waals surface area contributed by atoms with Gasteiger partial charge in [-0.25, -0.2) is 21.6 Å². The summed E-state index contributed by atoms with van der Waals surface area (Å²) >= 11 is 0. The minimum absolute atomic E-state index is 0.0297. The Kier molecular flexibility index (Phi) is 4.88. The van der Waals surface area contributed by atoms with Crippen molar-refractivity contribution >= 4 is 15.7 Å². The van der Waals surface area contributed by atoms with Crippen LogP contribution < -0.4 is 10.5 Å². The highest BCUT2D eigenvalue weighted by atomic mass is 32.2. The molecule has 6 nitrogen and oxygen atoms in total. The van der Waals surface area contributed by atoms with Crippen LogP contribution in [-0.2, 0) is 16.3 Å². The molecule has 0 fully saturated rings. The zero-order chi connectivity index (χ0) is 20.9. The Hall–Kier alpha value is -2.59. The maximum Gasteiger partial charge on any atom is 0.277 e. The van der Waals surface area contributed by atoms with Crippen molar-refractivity contribution in [3.8, 4) is 11.5 Å². The molecule has 10 heteroatoms. The van der Waals surface area contributed by atoms with Gasteiger partial charge in [0.2, 0.25) is 5.91 Å². The number of halogens is 3. The fourth-order valence-electron chi connectivity index (χ4n) is 3.13. The van der Waals surface area contributed by atoms with Crippen molar-refractivity contribution in [3.05, 3.63) is 52.8 Å². The number of amides is 1.